The zero-order valence-electron chi connectivity index (χ0n) is 13.5. The molecule has 0 saturated heterocycles. The van der Waals surface area contributed by atoms with Crippen LogP contribution in [-0.4, -0.2) is 30.5 Å². The van der Waals surface area contributed by atoms with Gasteiger partial charge in [-0.3, -0.25) is 4.79 Å². The van der Waals surface area contributed by atoms with Crippen LogP contribution in [0.5, 0.6) is 0 Å². The molecular formula is C18H16FN3O3. The fraction of sp³-hybridized carbons (Fsp3) is 0.167. The maximum Gasteiger partial charge on any atom is 0.337 e. The number of benzene rings is 1. The molecule has 0 bridgehead atoms. The van der Waals surface area contributed by atoms with E-state index in [9.17, 15) is 14.0 Å². The van der Waals surface area contributed by atoms with E-state index in [-0.39, 0.29) is 24.6 Å². The van der Waals surface area contributed by atoms with Gasteiger partial charge in [0.05, 0.1) is 24.8 Å². The van der Waals surface area contributed by atoms with Crippen molar-refractivity contribution in [3.05, 3.63) is 59.0 Å². The first-order chi connectivity index (χ1) is 12.0. The summed E-state index contributed by atoms with van der Waals surface area (Å²) < 4.78 is 18.5. The smallest absolute Gasteiger partial charge is 0.337 e. The molecule has 1 aromatic heterocycles. The third-order valence-electron chi connectivity index (χ3n) is 3.30. The van der Waals surface area contributed by atoms with Crippen molar-refractivity contribution in [3.63, 3.8) is 0 Å². The molecule has 128 valence electrons. The average Bonchev–Trinajstić information content (AvgIpc) is 2.65. The number of amides is 1. The van der Waals surface area contributed by atoms with Crippen LogP contribution in [0.4, 0.5) is 10.2 Å². The molecule has 1 aromatic carbocycles. The van der Waals surface area contributed by atoms with Crippen molar-refractivity contribution in [2.75, 3.05) is 19.0 Å². The summed E-state index contributed by atoms with van der Waals surface area (Å²) >= 11 is 0. The van der Waals surface area contributed by atoms with Gasteiger partial charge < -0.3 is 15.4 Å². The topological polar surface area (TPSA) is 80.3 Å². The number of anilines is 1. The van der Waals surface area contributed by atoms with E-state index < -0.39 is 11.8 Å². The lowest BCUT2D eigenvalue weighted by Crippen LogP contribution is -2.23. The van der Waals surface area contributed by atoms with Gasteiger partial charge in [0.15, 0.2) is 0 Å². The van der Waals surface area contributed by atoms with Gasteiger partial charge in [-0.2, -0.15) is 0 Å². The minimum atomic E-state index is -0.540. The number of pyridine rings is 1. The summed E-state index contributed by atoms with van der Waals surface area (Å²) in [6.45, 7) is 0.251. The molecule has 1 amide bonds. The van der Waals surface area contributed by atoms with Crippen molar-refractivity contribution < 1.29 is 18.7 Å². The van der Waals surface area contributed by atoms with Crippen LogP contribution in [0.15, 0.2) is 36.5 Å². The maximum absolute atomic E-state index is 13.8. The number of carbonyl (C=O) groups excluding carboxylic acids is 2. The Labute approximate surface area is 144 Å². The highest BCUT2D eigenvalue weighted by Gasteiger charge is 2.10. The molecular weight excluding hydrogens is 325 g/mol. The first-order valence-electron chi connectivity index (χ1n) is 7.33. The van der Waals surface area contributed by atoms with Crippen molar-refractivity contribution >= 4 is 17.7 Å². The predicted octanol–water partition coefficient (Wildman–Crippen LogP) is 1.98. The molecule has 0 saturated carbocycles. The zero-order chi connectivity index (χ0) is 18.2. The fourth-order valence-electron chi connectivity index (χ4n) is 2.01. The minimum Gasteiger partial charge on any atom is -0.465 e. The summed E-state index contributed by atoms with van der Waals surface area (Å²) in [5.41, 5.74) is 0.911. The number of methoxy groups -OCH3 is 1. The summed E-state index contributed by atoms with van der Waals surface area (Å²) in [6, 6.07) is 7.13. The van der Waals surface area contributed by atoms with Crippen molar-refractivity contribution in [2.45, 2.75) is 6.54 Å². The van der Waals surface area contributed by atoms with E-state index in [0.29, 0.717) is 16.9 Å². The van der Waals surface area contributed by atoms with Crippen molar-refractivity contribution in [3.8, 4) is 12.3 Å². The normalized spacial score (nSPS) is 9.80. The molecule has 0 spiro atoms. The first-order valence-corrected chi connectivity index (χ1v) is 7.33. The van der Waals surface area contributed by atoms with E-state index in [1.54, 1.807) is 12.1 Å². The number of aromatic nitrogens is 1. The van der Waals surface area contributed by atoms with Gasteiger partial charge in [-0.1, -0.05) is 5.92 Å². The molecule has 2 aromatic rings. The van der Waals surface area contributed by atoms with E-state index in [1.807, 2.05) is 0 Å². The summed E-state index contributed by atoms with van der Waals surface area (Å²) in [6.07, 6.45) is 6.46. The van der Waals surface area contributed by atoms with Crippen LogP contribution in [0.2, 0.25) is 0 Å². The van der Waals surface area contributed by atoms with Gasteiger partial charge >= 0.3 is 5.97 Å². The van der Waals surface area contributed by atoms with E-state index >= 15 is 0 Å². The third kappa shape index (κ3) is 4.78. The molecule has 2 rings (SSSR count). The lowest BCUT2D eigenvalue weighted by Gasteiger charge is -2.09. The van der Waals surface area contributed by atoms with Gasteiger partial charge in [0.2, 0.25) is 0 Å². The quantitative estimate of drug-likeness (QED) is 0.620. The fourth-order valence-corrected chi connectivity index (χ4v) is 2.01. The number of nitrogens with zero attached hydrogens (tertiary/aromatic N) is 1. The van der Waals surface area contributed by atoms with Crippen LogP contribution in [-0.2, 0) is 11.3 Å². The minimum absolute atomic E-state index is 0.117. The molecule has 0 aliphatic heterocycles. The zero-order valence-corrected chi connectivity index (χ0v) is 13.5. The number of terminal acetylenes is 1. The summed E-state index contributed by atoms with van der Waals surface area (Å²) in [4.78, 5) is 27.3. The monoisotopic (exact) mass is 341 g/mol. The number of hydrogen-bond donors (Lipinski definition) is 2. The molecule has 6 nitrogen and oxygen atoms in total. The second-order valence-electron chi connectivity index (χ2n) is 4.97. The summed E-state index contributed by atoms with van der Waals surface area (Å²) in [5.74, 6) is 1.44. The van der Waals surface area contributed by atoms with Gasteiger partial charge in [-0.15, -0.1) is 6.42 Å². The number of carbonyl (C=O) groups is 2. The SMILES string of the molecule is C#CCNC(=O)c1ccc(NCc2cc(C(=O)OC)ccc2F)nc1. The number of halogens is 1. The van der Waals surface area contributed by atoms with Gasteiger partial charge in [0.25, 0.3) is 5.91 Å². The maximum atomic E-state index is 13.8. The van der Waals surface area contributed by atoms with E-state index in [2.05, 4.69) is 26.3 Å². The molecule has 1 heterocycles. The standard InChI is InChI=1S/C18H16FN3O3/c1-3-8-20-17(23)13-5-7-16(21-10-13)22-11-14-9-12(18(24)25-2)4-6-15(14)19/h1,4-7,9-10H,8,11H2,2H3,(H,20,23)(H,21,22). The van der Waals surface area contributed by atoms with Crippen molar-refractivity contribution in [2.24, 2.45) is 0 Å². The van der Waals surface area contributed by atoms with E-state index in [1.165, 1.54) is 31.5 Å². The van der Waals surface area contributed by atoms with Crippen molar-refractivity contribution in [1.82, 2.24) is 10.3 Å². The van der Waals surface area contributed by atoms with Crippen molar-refractivity contribution in [1.29, 1.82) is 0 Å². The van der Waals surface area contributed by atoms with Crippen LogP contribution in [0.3, 0.4) is 0 Å². The van der Waals surface area contributed by atoms with Crippen LogP contribution in [0, 0.1) is 18.2 Å². The van der Waals surface area contributed by atoms with Gasteiger partial charge in [0.1, 0.15) is 11.6 Å². The molecule has 7 heteroatoms. The highest BCUT2D eigenvalue weighted by Crippen LogP contribution is 2.14. The Kier molecular flexibility index (Phi) is 6.07. The lowest BCUT2D eigenvalue weighted by atomic mass is 10.1. The third-order valence-corrected chi connectivity index (χ3v) is 3.30. The van der Waals surface area contributed by atoms with Gasteiger partial charge in [-0.05, 0) is 30.3 Å². The Morgan fingerprint density at radius 1 is 1.28 bits per heavy atom. The molecule has 0 fully saturated rings. The Morgan fingerprint density at radius 3 is 2.68 bits per heavy atom. The first kappa shape index (κ1) is 17.9. The Bertz CT molecular complexity index is 813. The molecule has 0 aliphatic carbocycles. The second-order valence-corrected chi connectivity index (χ2v) is 4.97. The highest BCUT2D eigenvalue weighted by molar-refractivity contribution is 5.94. The largest absolute Gasteiger partial charge is 0.465 e. The molecule has 0 unspecified atom stereocenters. The lowest BCUT2D eigenvalue weighted by molar-refractivity contribution is 0.0600. The predicted molar refractivity (Wildman–Crippen MR) is 90.5 cm³/mol. The Hall–Kier alpha value is -3.40. The Morgan fingerprint density at radius 2 is 2.04 bits per heavy atom. The number of nitrogens with one attached hydrogen (secondary N) is 2. The molecule has 25 heavy (non-hydrogen) atoms. The van der Waals surface area contributed by atoms with E-state index in [0.717, 1.165) is 0 Å². The highest BCUT2D eigenvalue weighted by atomic mass is 19.1. The molecule has 2 N–H and O–H groups in total. The number of ether oxygens (including phenoxy) is 1. The number of esters is 1. The average molecular weight is 341 g/mol. The number of hydrogen-bond acceptors (Lipinski definition) is 5. The van der Waals surface area contributed by atoms with Crippen LogP contribution in [0.1, 0.15) is 26.3 Å². The van der Waals surface area contributed by atoms with Gasteiger partial charge in [0, 0.05) is 18.3 Å². The second kappa shape index (κ2) is 8.45. The molecule has 0 radical (unpaired) electrons. The molecule has 0 atom stereocenters. The number of rotatable bonds is 6. The van der Waals surface area contributed by atoms with Crippen LogP contribution in [0.25, 0.3) is 0 Å². The Balaban J connectivity index is 2.03. The molecule has 0 aliphatic rings. The van der Waals surface area contributed by atoms with Gasteiger partial charge in [-0.25, -0.2) is 14.2 Å². The van der Waals surface area contributed by atoms with Crippen LogP contribution >= 0.6 is 0 Å². The van der Waals surface area contributed by atoms with Crippen LogP contribution < -0.4 is 10.6 Å². The summed E-state index contributed by atoms with van der Waals surface area (Å²) in [7, 11) is 1.26. The summed E-state index contributed by atoms with van der Waals surface area (Å²) in [5, 5.41) is 5.45. The van der Waals surface area contributed by atoms with E-state index in [4.69, 9.17) is 6.42 Å².